The van der Waals surface area contributed by atoms with Gasteiger partial charge in [0.15, 0.2) is 11.5 Å². The summed E-state index contributed by atoms with van der Waals surface area (Å²) in [4.78, 5) is 25.2. The minimum absolute atomic E-state index is 0.377. The molecule has 0 radical (unpaired) electrons. The lowest BCUT2D eigenvalue weighted by Crippen LogP contribution is -2.39. The number of hydrogen-bond donors (Lipinski definition) is 1. The summed E-state index contributed by atoms with van der Waals surface area (Å²) in [6, 6.07) is 5.28. The van der Waals surface area contributed by atoms with Crippen LogP contribution >= 0.6 is 0 Å². The third-order valence-electron chi connectivity index (χ3n) is 3.59. The topological polar surface area (TPSA) is 80.2 Å². The average molecular weight is 345 g/mol. The Balaban J connectivity index is 1.97. The van der Waals surface area contributed by atoms with E-state index in [1.807, 2.05) is 6.92 Å². The predicted molar refractivity (Wildman–Crippen MR) is 94.9 cm³/mol. The highest BCUT2D eigenvalue weighted by molar-refractivity contribution is 6.35. The number of nitrogens with one attached hydrogen (secondary N) is 1. The Morgan fingerprint density at radius 1 is 1.28 bits per heavy atom. The van der Waals surface area contributed by atoms with Crippen LogP contribution < -0.4 is 14.9 Å². The van der Waals surface area contributed by atoms with E-state index in [1.165, 1.54) is 11.1 Å². The maximum absolute atomic E-state index is 11.9. The van der Waals surface area contributed by atoms with Crippen LogP contribution in [-0.2, 0) is 9.59 Å². The molecule has 1 aromatic carbocycles. The van der Waals surface area contributed by atoms with Gasteiger partial charge in [0, 0.05) is 13.1 Å². The summed E-state index contributed by atoms with van der Waals surface area (Å²) >= 11 is 0. The second kappa shape index (κ2) is 9.46. The van der Waals surface area contributed by atoms with Crippen molar-refractivity contribution in [3.05, 3.63) is 36.4 Å². The number of hydrazone groups is 1. The van der Waals surface area contributed by atoms with Gasteiger partial charge in [-0.3, -0.25) is 9.59 Å². The molecule has 1 fully saturated rings. The Kier molecular flexibility index (Phi) is 7.00. The Hall–Kier alpha value is -2.83. The highest BCUT2D eigenvalue weighted by Gasteiger charge is 2.23. The van der Waals surface area contributed by atoms with Gasteiger partial charge in [-0.2, -0.15) is 5.10 Å². The van der Waals surface area contributed by atoms with Gasteiger partial charge >= 0.3 is 11.8 Å². The SMILES string of the molecule is C=CCOc1ccc(/C=N/NC(=O)C(=O)N2CCCC2)cc1OCC. The maximum atomic E-state index is 11.9. The normalized spacial score (nSPS) is 13.7. The number of ether oxygens (including phenoxy) is 2. The number of amides is 2. The van der Waals surface area contributed by atoms with Crippen molar-refractivity contribution in [1.82, 2.24) is 10.3 Å². The van der Waals surface area contributed by atoms with Crippen LogP contribution in [0.3, 0.4) is 0 Å². The van der Waals surface area contributed by atoms with E-state index in [0.717, 1.165) is 12.8 Å². The standard InChI is InChI=1S/C18H23N3O4/c1-3-11-25-15-8-7-14(12-16(15)24-4-2)13-19-20-17(22)18(23)21-9-5-6-10-21/h3,7-8,12-13H,1,4-6,9-11H2,2H3,(H,20,22)/b19-13+. The van der Waals surface area contributed by atoms with Gasteiger partial charge < -0.3 is 14.4 Å². The second-order valence-corrected chi connectivity index (χ2v) is 5.44. The summed E-state index contributed by atoms with van der Waals surface area (Å²) in [7, 11) is 0. The molecule has 1 aromatic rings. The van der Waals surface area contributed by atoms with Crippen molar-refractivity contribution in [3.63, 3.8) is 0 Å². The molecule has 2 rings (SSSR count). The smallest absolute Gasteiger partial charge is 0.329 e. The molecule has 1 saturated heterocycles. The number of nitrogens with zero attached hydrogens (tertiary/aromatic N) is 2. The van der Waals surface area contributed by atoms with Crippen molar-refractivity contribution in [1.29, 1.82) is 0 Å². The van der Waals surface area contributed by atoms with E-state index in [0.29, 0.717) is 43.4 Å². The van der Waals surface area contributed by atoms with E-state index in [1.54, 1.807) is 24.3 Å². The minimum atomic E-state index is -0.728. The molecule has 1 aliphatic heterocycles. The monoisotopic (exact) mass is 345 g/mol. The van der Waals surface area contributed by atoms with Crippen molar-refractivity contribution in [2.45, 2.75) is 19.8 Å². The molecular weight excluding hydrogens is 322 g/mol. The Bertz CT molecular complexity index is 652. The predicted octanol–water partition coefficient (Wildman–Crippen LogP) is 1.72. The lowest BCUT2D eigenvalue weighted by atomic mass is 10.2. The van der Waals surface area contributed by atoms with Gasteiger partial charge in [0.25, 0.3) is 0 Å². The van der Waals surface area contributed by atoms with Gasteiger partial charge in [0.2, 0.25) is 0 Å². The van der Waals surface area contributed by atoms with Gasteiger partial charge in [0.05, 0.1) is 12.8 Å². The van der Waals surface area contributed by atoms with Gasteiger partial charge in [-0.05, 0) is 43.5 Å². The molecule has 134 valence electrons. The quantitative estimate of drug-likeness (QED) is 0.353. The molecule has 0 bridgehead atoms. The summed E-state index contributed by atoms with van der Waals surface area (Å²) in [5.74, 6) is -0.0909. The molecule has 7 heteroatoms. The summed E-state index contributed by atoms with van der Waals surface area (Å²) in [6.07, 6.45) is 4.97. The number of hydrogen-bond acceptors (Lipinski definition) is 5. The fourth-order valence-corrected chi connectivity index (χ4v) is 2.42. The lowest BCUT2D eigenvalue weighted by molar-refractivity contribution is -0.145. The Morgan fingerprint density at radius 2 is 2.04 bits per heavy atom. The third kappa shape index (κ3) is 5.34. The van der Waals surface area contributed by atoms with Gasteiger partial charge in [-0.25, -0.2) is 5.43 Å². The van der Waals surface area contributed by atoms with Crippen molar-refractivity contribution in [3.8, 4) is 11.5 Å². The Morgan fingerprint density at radius 3 is 2.72 bits per heavy atom. The molecule has 0 saturated carbocycles. The summed E-state index contributed by atoms with van der Waals surface area (Å²) in [6.45, 7) is 7.61. The van der Waals surface area contributed by atoms with Crippen LogP contribution in [0, 0.1) is 0 Å². The fourth-order valence-electron chi connectivity index (χ4n) is 2.42. The number of carbonyl (C=O) groups is 2. The van der Waals surface area contributed by atoms with Crippen molar-refractivity contribution in [2.75, 3.05) is 26.3 Å². The molecule has 7 nitrogen and oxygen atoms in total. The molecule has 25 heavy (non-hydrogen) atoms. The zero-order valence-electron chi connectivity index (χ0n) is 14.4. The zero-order chi connectivity index (χ0) is 18.1. The first-order chi connectivity index (χ1) is 12.2. The molecule has 1 aliphatic rings. The number of rotatable bonds is 7. The van der Waals surface area contributed by atoms with Gasteiger partial charge in [-0.1, -0.05) is 12.7 Å². The van der Waals surface area contributed by atoms with E-state index >= 15 is 0 Å². The van der Waals surface area contributed by atoms with E-state index in [9.17, 15) is 9.59 Å². The van der Waals surface area contributed by atoms with Crippen LogP contribution in [0.2, 0.25) is 0 Å². The third-order valence-corrected chi connectivity index (χ3v) is 3.59. The van der Waals surface area contributed by atoms with Crippen molar-refractivity contribution >= 4 is 18.0 Å². The van der Waals surface area contributed by atoms with Gasteiger partial charge in [-0.15, -0.1) is 0 Å². The van der Waals surface area contributed by atoms with Crippen LogP contribution in [0.5, 0.6) is 11.5 Å². The van der Waals surface area contributed by atoms with Crippen LogP contribution in [0.15, 0.2) is 36.0 Å². The molecule has 0 aromatic heterocycles. The highest BCUT2D eigenvalue weighted by Crippen LogP contribution is 2.28. The molecular formula is C18H23N3O4. The van der Waals surface area contributed by atoms with Crippen molar-refractivity contribution in [2.24, 2.45) is 5.10 Å². The maximum Gasteiger partial charge on any atom is 0.329 e. The molecule has 0 spiro atoms. The molecule has 0 aliphatic carbocycles. The molecule has 1 N–H and O–H groups in total. The first-order valence-corrected chi connectivity index (χ1v) is 8.28. The first kappa shape index (κ1) is 18.5. The van der Waals surface area contributed by atoms with Crippen molar-refractivity contribution < 1.29 is 19.1 Å². The first-order valence-electron chi connectivity index (χ1n) is 8.28. The molecule has 0 unspecified atom stereocenters. The van der Waals surface area contributed by atoms with Crippen LogP contribution in [0.25, 0.3) is 0 Å². The summed E-state index contributed by atoms with van der Waals surface area (Å²) < 4.78 is 11.1. The van der Waals surface area contributed by atoms with Crippen LogP contribution in [0.1, 0.15) is 25.3 Å². The number of benzene rings is 1. The van der Waals surface area contributed by atoms with Crippen LogP contribution in [0.4, 0.5) is 0 Å². The van der Waals surface area contributed by atoms with E-state index in [4.69, 9.17) is 9.47 Å². The lowest BCUT2D eigenvalue weighted by Gasteiger charge is -2.13. The average Bonchev–Trinajstić information content (AvgIpc) is 3.15. The summed E-state index contributed by atoms with van der Waals surface area (Å²) in [5, 5.41) is 3.84. The second-order valence-electron chi connectivity index (χ2n) is 5.44. The van der Waals surface area contributed by atoms with E-state index in [2.05, 4.69) is 17.1 Å². The zero-order valence-corrected chi connectivity index (χ0v) is 14.4. The van der Waals surface area contributed by atoms with E-state index < -0.39 is 11.8 Å². The minimum Gasteiger partial charge on any atom is -0.490 e. The largest absolute Gasteiger partial charge is 0.490 e. The van der Waals surface area contributed by atoms with Crippen LogP contribution in [-0.4, -0.2) is 49.2 Å². The highest BCUT2D eigenvalue weighted by atomic mass is 16.5. The number of carbonyl (C=O) groups excluding carboxylic acids is 2. The number of likely N-dealkylation sites (tertiary alicyclic amines) is 1. The Labute approximate surface area is 147 Å². The fraction of sp³-hybridized carbons (Fsp3) is 0.389. The molecule has 0 atom stereocenters. The molecule has 1 heterocycles. The molecule has 2 amide bonds. The van der Waals surface area contributed by atoms with E-state index in [-0.39, 0.29) is 0 Å². The van der Waals surface area contributed by atoms with Gasteiger partial charge in [0.1, 0.15) is 6.61 Å². The summed E-state index contributed by atoms with van der Waals surface area (Å²) in [5.41, 5.74) is 2.97.